The van der Waals surface area contributed by atoms with Crippen molar-refractivity contribution >= 4 is 17.7 Å². The molecule has 3 nitrogen and oxygen atoms in total. The molecule has 0 saturated heterocycles. The normalized spacial score (nSPS) is 10.1. The Bertz CT molecular complexity index is 689. The summed E-state index contributed by atoms with van der Waals surface area (Å²) in [7, 11) is 0. The summed E-state index contributed by atoms with van der Waals surface area (Å²) in [6.07, 6.45) is 2.06. The number of rotatable bonds is 7. The van der Waals surface area contributed by atoms with Crippen LogP contribution in [-0.4, -0.2) is 12.5 Å². The molecule has 0 spiro atoms. The van der Waals surface area contributed by atoms with Crippen LogP contribution in [-0.2, 0) is 5.75 Å². The van der Waals surface area contributed by atoms with E-state index < -0.39 is 0 Å². The quantitative estimate of drug-likeness (QED) is 0.607. The van der Waals surface area contributed by atoms with E-state index in [0.717, 1.165) is 34.6 Å². The number of hydrogen-bond donors (Lipinski definition) is 1. The Morgan fingerprint density at radius 3 is 2.61 bits per heavy atom. The van der Waals surface area contributed by atoms with Gasteiger partial charge in [0.25, 0.3) is 5.91 Å². The van der Waals surface area contributed by atoms with Gasteiger partial charge < -0.3 is 5.32 Å². The molecule has 23 heavy (non-hydrogen) atoms. The number of nitrogens with one attached hydrogen (secondary N) is 1. The monoisotopic (exact) mass is 324 g/mol. The number of carbonyl (C=O) groups is 1. The Morgan fingerprint density at radius 1 is 1.17 bits per heavy atom. The Labute approximate surface area is 141 Å². The van der Waals surface area contributed by atoms with Crippen LogP contribution in [0.15, 0.2) is 53.4 Å². The van der Waals surface area contributed by atoms with Crippen molar-refractivity contribution in [3.8, 4) is 6.07 Å². The molecule has 0 atom stereocenters. The molecule has 2 aromatic rings. The molecule has 0 unspecified atom stereocenters. The molecular weight excluding hydrogens is 304 g/mol. The topological polar surface area (TPSA) is 52.9 Å². The Balaban J connectivity index is 2.02. The first-order chi connectivity index (χ1) is 11.2. The van der Waals surface area contributed by atoms with Gasteiger partial charge in [0.1, 0.15) is 0 Å². The minimum absolute atomic E-state index is 0.0126. The van der Waals surface area contributed by atoms with E-state index in [1.165, 1.54) is 0 Å². The van der Waals surface area contributed by atoms with Crippen molar-refractivity contribution in [2.75, 3.05) is 6.54 Å². The van der Waals surface area contributed by atoms with E-state index in [4.69, 9.17) is 5.26 Å². The molecule has 0 aliphatic carbocycles. The molecule has 118 valence electrons. The molecule has 0 bridgehead atoms. The fraction of sp³-hybridized carbons (Fsp3) is 0.263. The van der Waals surface area contributed by atoms with E-state index >= 15 is 0 Å². The predicted molar refractivity (Wildman–Crippen MR) is 94.4 cm³/mol. The number of nitrogens with zero attached hydrogens (tertiary/aromatic N) is 1. The molecule has 0 aromatic heterocycles. The molecule has 2 aromatic carbocycles. The van der Waals surface area contributed by atoms with Crippen LogP contribution < -0.4 is 5.32 Å². The summed E-state index contributed by atoms with van der Waals surface area (Å²) in [6.45, 7) is 2.82. The third kappa shape index (κ3) is 5.15. The van der Waals surface area contributed by atoms with Gasteiger partial charge in [-0.25, -0.2) is 0 Å². The van der Waals surface area contributed by atoms with Gasteiger partial charge in [0.15, 0.2) is 0 Å². The van der Waals surface area contributed by atoms with Crippen LogP contribution in [0.5, 0.6) is 0 Å². The molecule has 4 heteroatoms. The molecule has 0 radical (unpaired) electrons. The maximum atomic E-state index is 12.3. The van der Waals surface area contributed by atoms with E-state index in [0.29, 0.717) is 12.1 Å². The maximum absolute atomic E-state index is 12.3. The highest BCUT2D eigenvalue weighted by Gasteiger charge is 2.10. The lowest BCUT2D eigenvalue weighted by molar-refractivity contribution is 0.0950. The van der Waals surface area contributed by atoms with Gasteiger partial charge in [-0.1, -0.05) is 37.6 Å². The molecule has 0 fully saturated rings. The van der Waals surface area contributed by atoms with E-state index in [2.05, 4.69) is 18.3 Å². The van der Waals surface area contributed by atoms with Crippen molar-refractivity contribution < 1.29 is 4.79 Å². The average molecular weight is 324 g/mol. The standard InChI is InChI=1S/C19H20N2OS/c1-2-3-12-21-19(22)17-6-4-5-7-18(17)23-14-16-10-8-15(13-20)9-11-16/h4-11H,2-3,12,14H2,1H3,(H,21,22). The summed E-state index contributed by atoms with van der Waals surface area (Å²) in [4.78, 5) is 13.3. The Hall–Kier alpha value is -2.25. The molecular formula is C19H20N2OS. The predicted octanol–water partition coefficient (Wildman–Crippen LogP) is 4.38. The van der Waals surface area contributed by atoms with Gasteiger partial charge in [-0.05, 0) is 36.2 Å². The number of thioether (sulfide) groups is 1. The molecule has 2 rings (SSSR count). The van der Waals surface area contributed by atoms with Gasteiger partial charge in [-0.2, -0.15) is 5.26 Å². The second-order valence-electron chi connectivity index (χ2n) is 5.20. The number of amides is 1. The second kappa shape index (κ2) is 9.02. The van der Waals surface area contributed by atoms with Gasteiger partial charge in [0.2, 0.25) is 0 Å². The van der Waals surface area contributed by atoms with Gasteiger partial charge in [0, 0.05) is 17.2 Å². The number of hydrogen-bond acceptors (Lipinski definition) is 3. The Morgan fingerprint density at radius 2 is 1.91 bits per heavy atom. The molecule has 0 heterocycles. The summed E-state index contributed by atoms with van der Waals surface area (Å²) >= 11 is 1.64. The van der Waals surface area contributed by atoms with Crippen molar-refractivity contribution in [1.82, 2.24) is 5.32 Å². The van der Waals surface area contributed by atoms with Crippen molar-refractivity contribution in [1.29, 1.82) is 5.26 Å². The molecule has 0 aliphatic heterocycles. The largest absolute Gasteiger partial charge is 0.352 e. The third-order valence-corrected chi connectivity index (χ3v) is 4.57. The third-order valence-electron chi connectivity index (χ3n) is 3.42. The lowest BCUT2D eigenvalue weighted by Crippen LogP contribution is -2.24. The number of nitriles is 1. The highest BCUT2D eigenvalue weighted by atomic mass is 32.2. The van der Waals surface area contributed by atoms with Gasteiger partial charge in [-0.3, -0.25) is 4.79 Å². The van der Waals surface area contributed by atoms with Gasteiger partial charge >= 0.3 is 0 Å². The van der Waals surface area contributed by atoms with E-state index in [1.54, 1.807) is 11.8 Å². The first kappa shape index (κ1) is 17.1. The lowest BCUT2D eigenvalue weighted by atomic mass is 10.2. The zero-order valence-electron chi connectivity index (χ0n) is 13.2. The number of carbonyl (C=O) groups excluding carboxylic acids is 1. The smallest absolute Gasteiger partial charge is 0.252 e. The average Bonchev–Trinajstić information content (AvgIpc) is 2.60. The second-order valence-corrected chi connectivity index (χ2v) is 6.22. The summed E-state index contributed by atoms with van der Waals surface area (Å²) in [6, 6.07) is 17.3. The molecule has 1 amide bonds. The van der Waals surface area contributed by atoms with Crippen molar-refractivity contribution in [3.05, 3.63) is 65.2 Å². The first-order valence-electron chi connectivity index (χ1n) is 7.73. The summed E-state index contributed by atoms with van der Waals surface area (Å²) in [5.41, 5.74) is 2.52. The van der Waals surface area contributed by atoms with Crippen molar-refractivity contribution in [2.45, 2.75) is 30.4 Å². The summed E-state index contributed by atoms with van der Waals surface area (Å²) in [5, 5.41) is 11.8. The zero-order valence-corrected chi connectivity index (χ0v) is 14.0. The van der Waals surface area contributed by atoms with Crippen LogP contribution in [0.2, 0.25) is 0 Å². The number of unbranched alkanes of at least 4 members (excludes halogenated alkanes) is 1. The van der Waals surface area contributed by atoms with Crippen LogP contribution in [0.4, 0.5) is 0 Å². The Kier molecular flexibility index (Phi) is 6.71. The van der Waals surface area contributed by atoms with Crippen molar-refractivity contribution in [3.63, 3.8) is 0 Å². The van der Waals surface area contributed by atoms with Crippen LogP contribution in [0.25, 0.3) is 0 Å². The highest BCUT2D eigenvalue weighted by molar-refractivity contribution is 7.98. The maximum Gasteiger partial charge on any atom is 0.252 e. The highest BCUT2D eigenvalue weighted by Crippen LogP contribution is 2.26. The number of benzene rings is 2. The lowest BCUT2D eigenvalue weighted by Gasteiger charge is -2.10. The minimum atomic E-state index is -0.0126. The van der Waals surface area contributed by atoms with Gasteiger partial charge in [0.05, 0.1) is 17.2 Å². The van der Waals surface area contributed by atoms with E-state index in [1.807, 2.05) is 48.5 Å². The van der Waals surface area contributed by atoms with Crippen molar-refractivity contribution in [2.24, 2.45) is 0 Å². The fourth-order valence-electron chi connectivity index (χ4n) is 2.09. The molecule has 1 N–H and O–H groups in total. The SMILES string of the molecule is CCCCNC(=O)c1ccccc1SCc1ccc(C#N)cc1. The van der Waals surface area contributed by atoms with E-state index in [-0.39, 0.29) is 5.91 Å². The minimum Gasteiger partial charge on any atom is -0.352 e. The van der Waals surface area contributed by atoms with E-state index in [9.17, 15) is 4.79 Å². The summed E-state index contributed by atoms with van der Waals surface area (Å²) < 4.78 is 0. The fourth-order valence-corrected chi connectivity index (χ4v) is 3.10. The zero-order chi connectivity index (χ0) is 16.5. The van der Waals surface area contributed by atoms with Crippen LogP contribution >= 0.6 is 11.8 Å². The summed E-state index contributed by atoms with van der Waals surface area (Å²) in [5.74, 6) is 0.756. The van der Waals surface area contributed by atoms with Gasteiger partial charge in [-0.15, -0.1) is 11.8 Å². The molecule has 0 saturated carbocycles. The first-order valence-corrected chi connectivity index (χ1v) is 8.72. The van der Waals surface area contributed by atoms with Crippen LogP contribution in [0.3, 0.4) is 0 Å². The van der Waals surface area contributed by atoms with Crippen LogP contribution in [0.1, 0.15) is 41.3 Å². The van der Waals surface area contributed by atoms with Crippen LogP contribution in [0, 0.1) is 11.3 Å². The molecule has 0 aliphatic rings.